The van der Waals surface area contributed by atoms with E-state index in [9.17, 15) is 9.59 Å². The molecule has 0 heterocycles. The Balaban J connectivity index is 2.54. The van der Waals surface area contributed by atoms with Crippen molar-refractivity contribution in [2.75, 3.05) is 0 Å². The lowest BCUT2D eigenvalue weighted by Crippen LogP contribution is -2.38. The van der Waals surface area contributed by atoms with Crippen molar-refractivity contribution in [1.82, 2.24) is 5.32 Å². The number of carboxylic acids is 2. The third-order valence-corrected chi connectivity index (χ3v) is 2.39. The number of aliphatic carboxylic acids is 2. The largest absolute Gasteiger partial charge is 0.481 e. The standard InChI is InChI=1S/C11H12ClNO4/c12-8-3-1-7(2-4-8)6-13-9(11(16)17)5-10(14)15/h1-4,9,13H,5-6H2,(H,14,15)(H,16,17). The fourth-order valence-corrected chi connectivity index (χ4v) is 1.39. The maximum atomic E-state index is 10.8. The van der Waals surface area contributed by atoms with Gasteiger partial charge in [-0.25, -0.2) is 0 Å². The summed E-state index contributed by atoms with van der Waals surface area (Å²) >= 11 is 5.70. The molecule has 1 atom stereocenters. The maximum Gasteiger partial charge on any atom is 0.321 e. The molecule has 1 rings (SSSR count). The Kier molecular flexibility index (Phi) is 4.93. The first-order chi connectivity index (χ1) is 7.99. The number of carbonyl (C=O) groups is 2. The molecule has 0 bridgehead atoms. The second-order valence-electron chi connectivity index (χ2n) is 3.50. The lowest BCUT2D eigenvalue weighted by molar-refractivity contribution is -0.146. The van der Waals surface area contributed by atoms with Gasteiger partial charge in [0.1, 0.15) is 6.04 Å². The lowest BCUT2D eigenvalue weighted by atomic mass is 10.1. The van der Waals surface area contributed by atoms with E-state index < -0.39 is 24.4 Å². The number of hydrogen-bond donors (Lipinski definition) is 3. The zero-order chi connectivity index (χ0) is 12.8. The van der Waals surface area contributed by atoms with Crippen molar-refractivity contribution in [3.63, 3.8) is 0 Å². The Labute approximate surface area is 103 Å². The normalized spacial score (nSPS) is 12.1. The molecular weight excluding hydrogens is 246 g/mol. The second kappa shape index (κ2) is 6.22. The number of nitrogens with one attached hydrogen (secondary N) is 1. The molecule has 0 aliphatic carbocycles. The molecule has 1 unspecified atom stereocenters. The highest BCUT2D eigenvalue weighted by Gasteiger charge is 2.19. The maximum absolute atomic E-state index is 10.8. The molecule has 0 amide bonds. The summed E-state index contributed by atoms with van der Waals surface area (Å²) in [5.41, 5.74) is 0.839. The molecule has 0 spiro atoms. The van der Waals surface area contributed by atoms with Gasteiger partial charge in [-0.3, -0.25) is 14.9 Å². The summed E-state index contributed by atoms with van der Waals surface area (Å²) in [6, 6.07) is 5.77. The van der Waals surface area contributed by atoms with Crippen LogP contribution < -0.4 is 5.32 Å². The topological polar surface area (TPSA) is 86.6 Å². The average Bonchev–Trinajstić information content (AvgIpc) is 2.25. The summed E-state index contributed by atoms with van der Waals surface area (Å²) in [6.07, 6.45) is -0.455. The molecule has 0 aliphatic rings. The summed E-state index contributed by atoms with van der Waals surface area (Å²) in [5, 5.41) is 20.6. The Hall–Kier alpha value is -1.59. The molecule has 0 radical (unpaired) electrons. The van der Waals surface area contributed by atoms with Crippen molar-refractivity contribution >= 4 is 23.5 Å². The summed E-state index contributed by atoms with van der Waals surface area (Å²) in [4.78, 5) is 21.2. The van der Waals surface area contributed by atoms with Crippen LogP contribution in [-0.2, 0) is 16.1 Å². The van der Waals surface area contributed by atoms with E-state index in [1.165, 1.54) is 0 Å². The summed E-state index contributed by atoms with van der Waals surface area (Å²) in [7, 11) is 0. The van der Waals surface area contributed by atoms with Crippen LogP contribution in [0.1, 0.15) is 12.0 Å². The minimum Gasteiger partial charge on any atom is -0.481 e. The number of hydrogen-bond acceptors (Lipinski definition) is 3. The molecule has 0 aromatic heterocycles. The van der Waals surface area contributed by atoms with Crippen LogP contribution in [0.5, 0.6) is 0 Å². The molecule has 0 saturated heterocycles. The SMILES string of the molecule is O=C(O)CC(NCc1ccc(Cl)cc1)C(=O)O. The summed E-state index contributed by atoms with van der Waals surface area (Å²) < 4.78 is 0. The van der Waals surface area contributed by atoms with E-state index in [0.717, 1.165) is 5.56 Å². The van der Waals surface area contributed by atoms with Crippen molar-refractivity contribution in [2.45, 2.75) is 19.0 Å². The van der Waals surface area contributed by atoms with Gasteiger partial charge in [-0.15, -0.1) is 0 Å². The minimum atomic E-state index is -1.18. The lowest BCUT2D eigenvalue weighted by Gasteiger charge is -2.12. The summed E-state index contributed by atoms with van der Waals surface area (Å²) in [6.45, 7) is 0.279. The highest BCUT2D eigenvalue weighted by molar-refractivity contribution is 6.30. The van der Waals surface area contributed by atoms with Gasteiger partial charge in [-0.1, -0.05) is 23.7 Å². The van der Waals surface area contributed by atoms with Crippen molar-refractivity contribution < 1.29 is 19.8 Å². The highest BCUT2D eigenvalue weighted by Crippen LogP contribution is 2.09. The predicted molar refractivity (Wildman–Crippen MR) is 62.0 cm³/mol. The van der Waals surface area contributed by atoms with Gasteiger partial charge in [0.2, 0.25) is 0 Å². The molecule has 6 heteroatoms. The molecule has 0 aliphatic heterocycles. The third kappa shape index (κ3) is 4.84. The quantitative estimate of drug-likeness (QED) is 0.716. The fourth-order valence-electron chi connectivity index (χ4n) is 1.26. The zero-order valence-electron chi connectivity index (χ0n) is 8.89. The van der Waals surface area contributed by atoms with E-state index in [1.54, 1.807) is 24.3 Å². The number of carboxylic acid groups (broad SMARTS) is 2. The van der Waals surface area contributed by atoms with Gasteiger partial charge in [0.25, 0.3) is 0 Å². The molecule has 0 saturated carbocycles. The van der Waals surface area contributed by atoms with Crippen LogP contribution in [0.15, 0.2) is 24.3 Å². The van der Waals surface area contributed by atoms with Crippen LogP contribution in [0.25, 0.3) is 0 Å². The smallest absolute Gasteiger partial charge is 0.321 e. The van der Waals surface area contributed by atoms with Crippen LogP contribution >= 0.6 is 11.6 Å². The average molecular weight is 258 g/mol. The Bertz CT molecular complexity index is 404. The van der Waals surface area contributed by atoms with Crippen LogP contribution in [0.3, 0.4) is 0 Å². The van der Waals surface area contributed by atoms with Crippen LogP contribution in [0, 0.1) is 0 Å². The number of benzene rings is 1. The van der Waals surface area contributed by atoms with Crippen LogP contribution in [-0.4, -0.2) is 28.2 Å². The van der Waals surface area contributed by atoms with Gasteiger partial charge in [-0.05, 0) is 17.7 Å². The van der Waals surface area contributed by atoms with Crippen molar-refractivity contribution in [1.29, 1.82) is 0 Å². The van der Waals surface area contributed by atoms with Gasteiger partial charge >= 0.3 is 11.9 Å². The Morgan fingerprint density at radius 1 is 1.24 bits per heavy atom. The van der Waals surface area contributed by atoms with Gasteiger partial charge < -0.3 is 10.2 Å². The van der Waals surface area contributed by atoms with E-state index in [0.29, 0.717) is 5.02 Å². The number of rotatable bonds is 6. The van der Waals surface area contributed by atoms with Gasteiger partial charge in [0.15, 0.2) is 0 Å². The van der Waals surface area contributed by atoms with E-state index in [2.05, 4.69) is 5.32 Å². The zero-order valence-corrected chi connectivity index (χ0v) is 9.65. The van der Waals surface area contributed by atoms with E-state index in [4.69, 9.17) is 21.8 Å². The first-order valence-corrected chi connectivity index (χ1v) is 5.29. The van der Waals surface area contributed by atoms with E-state index in [-0.39, 0.29) is 6.54 Å². The van der Waals surface area contributed by atoms with Crippen molar-refractivity contribution in [2.24, 2.45) is 0 Å². The second-order valence-corrected chi connectivity index (χ2v) is 3.93. The third-order valence-electron chi connectivity index (χ3n) is 2.14. The predicted octanol–water partition coefficient (Wildman–Crippen LogP) is 1.36. The Morgan fingerprint density at radius 2 is 1.82 bits per heavy atom. The molecule has 5 nitrogen and oxygen atoms in total. The minimum absolute atomic E-state index is 0.279. The van der Waals surface area contributed by atoms with Gasteiger partial charge in [0, 0.05) is 11.6 Å². The molecule has 1 aromatic rings. The molecule has 0 fully saturated rings. The first kappa shape index (κ1) is 13.5. The van der Waals surface area contributed by atoms with E-state index >= 15 is 0 Å². The van der Waals surface area contributed by atoms with Crippen LogP contribution in [0.2, 0.25) is 5.02 Å². The van der Waals surface area contributed by atoms with Crippen LogP contribution in [0.4, 0.5) is 0 Å². The molecule has 92 valence electrons. The fraction of sp³-hybridized carbons (Fsp3) is 0.273. The first-order valence-electron chi connectivity index (χ1n) is 4.91. The Morgan fingerprint density at radius 3 is 2.29 bits per heavy atom. The monoisotopic (exact) mass is 257 g/mol. The number of halogens is 1. The van der Waals surface area contributed by atoms with Gasteiger partial charge in [0.05, 0.1) is 6.42 Å². The molecule has 3 N–H and O–H groups in total. The molecular formula is C11H12ClNO4. The van der Waals surface area contributed by atoms with Crippen molar-refractivity contribution in [3.05, 3.63) is 34.9 Å². The van der Waals surface area contributed by atoms with Crippen molar-refractivity contribution in [3.8, 4) is 0 Å². The van der Waals surface area contributed by atoms with E-state index in [1.807, 2.05) is 0 Å². The van der Waals surface area contributed by atoms with Gasteiger partial charge in [-0.2, -0.15) is 0 Å². The molecule has 1 aromatic carbocycles. The summed E-state index contributed by atoms with van der Waals surface area (Å²) in [5.74, 6) is -2.33. The molecule has 17 heavy (non-hydrogen) atoms. The highest BCUT2D eigenvalue weighted by atomic mass is 35.5.